The molecule has 5 rings (SSSR count). The van der Waals surface area contributed by atoms with E-state index in [1.807, 2.05) is 4.90 Å². The number of anilines is 2. The summed E-state index contributed by atoms with van der Waals surface area (Å²) in [5.74, 6) is 1.36. The van der Waals surface area contributed by atoms with Gasteiger partial charge in [-0.05, 0) is 31.0 Å². The van der Waals surface area contributed by atoms with Gasteiger partial charge in [0.15, 0.2) is 11.5 Å². The van der Waals surface area contributed by atoms with Crippen molar-refractivity contribution in [1.82, 2.24) is 24.8 Å². The highest BCUT2D eigenvalue weighted by Crippen LogP contribution is 2.32. The summed E-state index contributed by atoms with van der Waals surface area (Å²) in [5.41, 5.74) is 3.13. The molecule has 9 heteroatoms. The van der Waals surface area contributed by atoms with Crippen molar-refractivity contribution >= 4 is 28.5 Å². The topological polar surface area (TPSA) is 97.0 Å². The smallest absolute Gasteiger partial charge is 0.219 e. The number of pyridine rings is 1. The second-order valence-corrected chi connectivity index (χ2v) is 8.20. The van der Waals surface area contributed by atoms with Crippen molar-refractivity contribution in [2.24, 2.45) is 0 Å². The lowest BCUT2D eigenvalue weighted by Gasteiger charge is -2.31. The third kappa shape index (κ3) is 4.39. The SMILES string of the molecule is CC(=O)N1CCCC(c2nc(Nc3cccc(F)c3)cc(-c3cncc4nc(C)oc34)n2)C1. The molecule has 1 saturated heterocycles. The van der Waals surface area contributed by atoms with Crippen molar-refractivity contribution < 1.29 is 13.6 Å². The van der Waals surface area contributed by atoms with E-state index in [-0.39, 0.29) is 17.6 Å². The van der Waals surface area contributed by atoms with Crippen LogP contribution in [0.15, 0.2) is 47.1 Å². The maximum absolute atomic E-state index is 13.7. The van der Waals surface area contributed by atoms with Gasteiger partial charge in [0.05, 0.1) is 17.5 Å². The first-order valence-electron chi connectivity index (χ1n) is 10.8. The molecule has 168 valence electrons. The number of benzene rings is 1. The molecule has 1 N–H and O–H groups in total. The number of nitrogens with zero attached hydrogens (tertiary/aromatic N) is 5. The van der Waals surface area contributed by atoms with Crippen LogP contribution >= 0.6 is 0 Å². The van der Waals surface area contributed by atoms with Crippen LogP contribution in [0.5, 0.6) is 0 Å². The van der Waals surface area contributed by atoms with Gasteiger partial charge in [0, 0.05) is 50.8 Å². The van der Waals surface area contributed by atoms with Crippen molar-refractivity contribution in [2.45, 2.75) is 32.6 Å². The van der Waals surface area contributed by atoms with Gasteiger partial charge in [0.1, 0.15) is 23.0 Å². The number of fused-ring (bicyclic) bond motifs is 1. The maximum atomic E-state index is 13.7. The van der Waals surface area contributed by atoms with E-state index in [1.54, 1.807) is 44.4 Å². The summed E-state index contributed by atoms with van der Waals surface area (Å²) in [5, 5.41) is 3.18. The minimum atomic E-state index is -0.343. The number of hydrogen-bond donors (Lipinski definition) is 1. The Bertz CT molecular complexity index is 1340. The zero-order valence-electron chi connectivity index (χ0n) is 18.4. The number of hydrogen-bond acceptors (Lipinski definition) is 7. The Morgan fingerprint density at radius 2 is 2.09 bits per heavy atom. The molecule has 1 aromatic carbocycles. The van der Waals surface area contributed by atoms with Gasteiger partial charge in [-0.25, -0.2) is 19.3 Å². The Kier molecular flexibility index (Phi) is 5.45. The third-order valence-corrected chi connectivity index (χ3v) is 5.75. The van der Waals surface area contributed by atoms with Crippen LogP contribution in [0.2, 0.25) is 0 Å². The second kappa shape index (κ2) is 8.57. The first-order valence-corrected chi connectivity index (χ1v) is 10.8. The minimum Gasteiger partial charge on any atom is -0.440 e. The molecule has 4 aromatic rings. The van der Waals surface area contributed by atoms with Gasteiger partial charge in [0.2, 0.25) is 5.91 Å². The molecular formula is C24H23FN6O2. The van der Waals surface area contributed by atoms with E-state index in [9.17, 15) is 9.18 Å². The largest absolute Gasteiger partial charge is 0.440 e. The van der Waals surface area contributed by atoms with Crippen LogP contribution in [0.1, 0.15) is 37.4 Å². The molecule has 1 aliphatic rings. The van der Waals surface area contributed by atoms with E-state index in [0.717, 1.165) is 19.4 Å². The normalized spacial score (nSPS) is 16.2. The molecule has 1 atom stereocenters. The zero-order valence-corrected chi connectivity index (χ0v) is 18.4. The lowest BCUT2D eigenvalue weighted by atomic mass is 9.97. The fourth-order valence-electron chi connectivity index (χ4n) is 4.19. The number of carbonyl (C=O) groups is 1. The summed E-state index contributed by atoms with van der Waals surface area (Å²) in [4.78, 5) is 32.0. The standard InChI is InChI=1S/C24H23FN6O2/c1-14-27-21-12-26-11-19(23(21)33-14)20-10-22(28-18-7-3-6-17(25)9-18)30-24(29-20)16-5-4-8-31(13-16)15(2)32/h3,6-7,9-12,16H,4-5,8,13H2,1-2H3,(H,28,29,30). The maximum Gasteiger partial charge on any atom is 0.219 e. The molecule has 0 bridgehead atoms. The Morgan fingerprint density at radius 1 is 1.21 bits per heavy atom. The van der Waals surface area contributed by atoms with Gasteiger partial charge >= 0.3 is 0 Å². The van der Waals surface area contributed by atoms with Gasteiger partial charge in [0.25, 0.3) is 0 Å². The summed E-state index contributed by atoms with van der Waals surface area (Å²) in [7, 11) is 0. The molecule has 1 unspecified atom stereocenters. The second-order valence-electron chi connectivity index (χ2n) is 8.20. The zero-order chi connectivity index (χ0) is 22.9. The summed E-state index contributed by atoms with van der Waals surface area (Å²) in [6.07, 6.45) is 5.09. The van der Waals surface area contributed by atoms with E-state index in [0.29, 0.717) is 52.1 Å². The molecule has 8 nitrogen and oxygen atoms in total. The summed E-state index contributed by atoms with van der Waals surface area (Å²) in [6, 6.07) is 7.98. The number of likely N-dealkylation sites (tertiary alicyclic amines) is 1. The summed E-state index contributed by atoms with van der Waals surface area (Å²) < 4.78 is 19.6. The molecule has 1 fully saturated rings. The van der Waals surface area contributed by atoms with Gasteiger partial charge in [-0.1, -0.05) is 6.07 Å². The Balaban J connectivity index is 1.60. The molecule has 0 aliphatic carbocycles. The van der Waals surface area contributed by atoms with Crippen LogP contribution in [-0.4, -0.2) is 43.8 Å². The lowest BCUT2D eigenvalue weighted by molar-refractivity contribution is -0.130. The monoisotopic (exact) mass is 446 g/mol. The number of nitrogens with one attached hydrogen (secondary N) is 1. The van der Waals surface area contributed by atoms with Crippen LogP contribution in [0.3, 0.4) is 0 Å². The molecule has 1 aliphatic heterocycles. The quantitative estimate of drug-likeness (QED) is 0.489. The molecule has 33 heavy (non-hydrogen) atoms. The number of oxazole rings is 1. The highest BCUT2D eigenvalue weighted by Gasteiger charge is 2.26. The number of halogens is 1. The van der Waals surface area contributed by atoms with Crippen LogP contribution in [0.25, 0.3) is 22.4 Å². The van der Waals surface area contributed by atoms with Crippen LogP contribution < -0.4 is 5.32 Å². The van der Waals surface area contributed by atoms with Crippen LogP contribution in [0, 0.1) is 12.7 Å². The van der Waals surface area contributed by atoms with E-state index >= 15 is 0 Å². The van der Waals surface area contributed by atoms with Crippen molar-refractivity contribution in [3.63, 3.8) is 0 Å². The van der Waals surface area contributed by atoms with Crippen molar-refractivity contribution in [3.05, 3.63) is 60.3 Å². The molecule has 3 aromatic heterocycles. The molecule has 4 heterocycles. The van der Waals surface area contributed by atoms with Gasteiger partial charge in [-0.2, -0.15) is 0 Å². The first-order chi connectivity index (χ1) is 16.0. The average molecular weight is 446 g/mol. The van der Waals surface area contributed by atoms with Crippen molar-refractivity contribution in [3.8, 4) is 11.3 Å². The summed E-state index contributed by atoms with van der Waals surface area (Å²) >= 11 is 0. The Labute approximate surface area is 189 Å². The first kappa shape index (κ1) is 21.0. The van der Waals surface area contributed by atoms with Crippen molar-refractivity contribution in [2.75, 3.05) is 18.4 Å². The van der Waals surface area contributed by atoms with E-state index in [1.165, 1.54) is 12.1 Å². The lowest BCUT2D eigenvalue weighted by Crippen LogP contribution is -2.38. The predicted octanol–water partition coefficient (Wildman–Crippen LogP) is 4.60. The molecular weight excluding hydrogens is 423 g/mol. The van der Waals surface area contributed by atoms with Crippen LogP contribution in [0.4, 0.5) is 15.9 Å². The van der Waals surface area contributed by atoms with E-state index in [4.69, 9.17) is 14.4 Å². The predicted molar refractivity (Wildman–Crippen MR) is 121 cm³/mol. The highest BCUT2D eigenvalue weighted by molar-refractivity contribution is 5.88. The number of amides is 1. The Hall–Kier alpha value is -3.88. The van der Waals surface area contributed by atoms with E-state index in [2.05, 4.69) is 15.3 Å². The fraction of sp³-hybridized carbons (Fsp3) is 0.292. The Morgan fingerprint density at radius 3 is 2.91 bits per heavy atom. The van der Waals surface area contributed by atoms with E-state index < -0.39 is 0 Å². The molecule has 0 radical (unpaired) electrons. The third-order valence-electron chi connectivity index (χ3n) is 5.75. The molecule has 1 amide bonds. The van der Waals surface area contributed by atoms with Gasteiger partial charge in [-0.15, -0.1) is 0 Å². The molecule has 0 spiro atoms. The van der Waals surface area contributed by atoms with Crippen LogP contribution in [-0.2, 0) is 4.79 Å². The number of aromatic nitrogens is 4. The number of piperidine rings is 1. The highest BCUT2D eigenvalue weighted by atomic mass is 19.1. The van der Waals surface area contributed by atoms with Gasteiger partial charge in [-0.3, -0.25) is 9.78 Å². The van der Waals surface area contributed by atoms with Gasteiger partial charge < -0.3 is 14.6 Å². The molecule has 0 saturated carbocycles. The summed E-state index contributed by atoms with van der Waals surface area (Å²) in [6.45, 7) is 4.66. The number of aryl methyl sites for hydroxylation is 1. The number of rotatable bonds is 4. The average Bonchev–Trinajstić information content (AvgIpc) is 3.19. The van der Waals surface area contributed by atoms with Crippen molar-refractivity contribution in [1.29, 1.82) is 0 Å². The minimum absolute atomic E-state index is 0.0146. The number of carbonyl (C=O) groups excluding carboxylic acids is 1. The fourth-order valence-corrected chi connectivity index (χ4v) is 4.19.